The molecule has 1 unspecified atom stereocenters. The summed E-state index contributed by atoms with van der Waals surface area (Å²) in [4.78, 5) is 15.7. The van der Waals surface area contributed by atoms with Crippen LogP contribution < -0.4 is 5.32 Å². The molecule has 1 aliphatic carbocycles. The molecule has 2 aliphatic rings. The van der Waals surface area contributed by atoms with Crippen molar-refractivity contribution in [1.82, 2.24) is 10.2 Å². The number of thiophene rings is 1. The van der Waals surface area contributed by atoms with Gasteiger partial charge in [0.05, 0.1) is 6.54 Å². The number of amides is 1. The van der Waals surface area contributed by atoms with E-state index in [1.54, 1.807) is 0 Å². The zero-order valence-electron chi connectivity index (χ0n) is 11.1. The minimum Gasteiger partial charge on any atom is -0.337 e. The Morgan fingerprint density at radius 3 is 3.26 bits per heavy atom. The Balaban J connectivity index is 1.50. The normalized spacial score (nSPS) is 22.3. The molecule has 102 valence electrons. The van der Waals surface area contributed by atoms with Crippen molar-refractivity contribution in [2.75, 3.05) is 13.1 Å². The van der Waals surface area contributed by atoms with Crippen LogP contribution in [0.1, 0.15) is 29.7 Å². The molecule has 1 aromatic rings. The third-order valence-electron chi connectivity index (χ3n) is 3.97. The van der Waals surface area contributed by atoms with Crippen LogP contribution >= 0.6 is 11.3 Å². The Bertz CT molecular complexity index is 480. The summed E-state index contributed by atoms with van der Waals surface area (Å²) in [5.41, 5.74) is 1.34. The number of nitrogens with one attached hydrogen (secondary N) is 1. The largest absolute Gasteiger partial charge is 0.337 e. The first-order valence-corrected chi connectivity index (χ1v) is 7.92. The van der Waals surface area contributed by atoms with Crippen molar-refractivity contribution in [2.24, 2.45) is 0 Å². The van der Waals surface area contributed by atoms with Crippen molar-refractivity contribution in [3.05, 3.63) is 34.0 Å². The van der Waals surface area contributed by atoms with E-state index in [1.807, 2.05) is 16.2 Å². The molecule has 19 heavy (non-hydrogen) atoms. The summed E-state index contributed by atoms with van der Waals surface area (Å²) in [6.45, 7) is 2.15. The van der Waals surface area contributed by atoms with Gasteiger partial charge in [-0.25, -0.2) is 0 Å². The van der Waals surface area contributed by atoms with Crippen LogP contribution in [0, 0.1) is 0 Å². The van der Waals surface area contributed by atoms with Crippen molar-refractivity contribution in [3.63, 3.8) is 0 Å². The van der Waals surface area contributed by atoms with Crippen LogP contribution in [0.15, 0.2) is 23.6 Å². The molecular weight excluding hydrogens is 256 g/mol. The van der Waals surface area contributed by atoms with E-state index in [4.69, 9.17) is 0 Å². The molecule has 3 nitrogen and oxygen atoms in total. The molecule has 1 aliphatic heterocycles. The lowest BCUT2D eigenvalue weighted by Gasteiger charge is -2.28. The van der Waals surface area contributed by atoms with Crippen molar-refractivity contribution in [2.45, 2.75) is 38.3 Å². The highest BCUT2D eigenvalue weighted by molar-refractivity contribution is 7.10. The average Bonchev–Trinajstić information content (AvgIpc) is 2.93. The van der Waals surface area contributed by atoms with Gasteiger partial charge in [-0.1, -0.05) is 12.2 Å². The van der Waals surface area contributed by atoms with Crippen LogP contribution in [0.4, 0.5) is 0 Å². The number of nitrogens with zero attached hydrogens (tertiary/aromatic N) is 1. The van der Waals surface area contributed by atoms with Gasteiger partial charge in [0.1, 0.15) is 0 Å². The van der Waals surface area contributed by atoms with E-state index < -0.39 is 0 Å². The molecular formula is C15H20N2OS. The zero-order chi connectivity index (χ0) is 13.1. The summed E-state index contributed by atoms with van der Waals surface area (Å²) in [5, 5.41) is 5.53. The van der Waals surface area contributed by atoms with Crippen molar-refractivity contribution in [3.8, 4) is 0 Å². The molecule has 1 N–H and O–H groups in total. The zero-order valence-corrected chi connectivity index (χ0v) is 11.9. The molecule has 1 amide bonds. The van der Waals surface area contributed by atoms with Crippen LogP contribution in [0.5, 0.6) is 0 Å². The quantitative estimate of drug-likeness (QED) is 0.859. The maximum absolute atomic E-state index is 12.2. The van der Waals surface area contributed by atoms with Crippen LogP contribution in [0.3, 0.4) is 0 Å². The topological polar surface area (TPSA) is 32.3 Å². The highest BCUT2D eigenvalue weighted by Crippen LogP contribution is 2.23. The van der Waals surface area contributed by atoms with E-state index in [1.165, 1.54) is 10.4 Å². The van der Waals surface area contributed by atoms with Gasteiger partial charge in [-0.3, -0.25) is 4.79 Å². The summed E-state index contributed by atoms with van der Waals surface area (Å²) >= 11 is 1.81. The molecule has 0 spiro atoms. The van der Waals surface area contributed by atoms with Gasteiger partial charge in [0, 0.05) is 24.0 Å². The maximum atomic E-state index is 12.2. The third-order valence-corrected chi connectivity index (χ3v) is 4.99. The second kappa shape index (κ2) is 5.88. The summed E-state index contributed by atoms with van der Waals surface area (Å²) in [6, 6.07) is 2.63. The maximum Gasteiger partial charge on any atom is 0.236 e. The van der Waals surface area contributed by atoms with E-state index in [-0.39, 0.29) is 5.91 Å². The first-order valence-electron chi connectivity index (χ1n) is 7.04. The van der Waals surface area contributed by atoms with Crippen LogP contribution in [0.2, 0.25) is 0 Å². The fourth-order valence-corrected chi connectivity index (χ4v) is 3.67. The Morgan fingerprint density at radius 2 is 2.42 bits per heavy atom. The summed E-state index contributed by atoms with van der Waals surface area (Å²) in [7, 11) is 0. The van der Waals surface area contributed by atoms with Gasteiger partial charge in [-0.05, 0) is 42.7 Å². The SMILES string of the molecule is O=C(CNC1CC=CCC1)N1CCc2sccc2C1. The van der Waals surface area contributed by atoms with Crippen LogP contribution in [0.25, 0.3) is 0 Å². The molecule has 0 fully saturated rings. The van der Waals surface area contributed by atoms with Crippen molar-refractivity contribution < 1.29 is 4.79 Å². The van der Waals surface area contributed by atoms with E-state index in [0.717, 1.165) is 38.8 Å². The van der Waals surface area contributed by atoms with Crippen molar-refractivity contribution >= 4 is 17.2 Å². The molecule has 0 saturated carbocycles. The minimum absolute atomic E-state index is 0.242. The number of allylic oxidation sites excluding steroid dienone is 1. The number of rotatable bonds is 3. The minimum atomic E-state index is 0.242. The first-order chi connectivity index (χ1) is 9.33. The fourth-order valence-electron chi connectivity index (χ4n) is 2.78. The highest BCUT2D eigenvalue weighted by atomic mass is 32.1. The average molecular weight is 276 g/mol. The van der Waals surface area contributed by atoms with Gasteiger partial charge in [0.2, 0.25) is 5.91 Å². The van der Waals surface area contributed by atoms with Gasteiger partial charge in [0.25, 0.3) is 0 Å². The van der Waals surface area contributed by atoms with Gasteiger partial charge in [0.15, 0.2) is 0 Å². The summed E-state index contributed by atoms with van der Waals surface area (Å²) in [5.74, 6) is 0.242. The molecule has 0 aromatic carbocycles. The lowest BCUT2D eigenvalue weighted by molar-refractivity contribution is -0.131. The monoisotopic (exact) mass is 276 g/mol. The second-order valence-corrected chi connectivity index (χ2v) is 6.30. The van der Waals surface area contributed by atoms with Gasteiger partial charge in [-0.15, -0.1) is 11.3 Å². The number of carbonyl (C=O) groups excluding carboxylic acids is 1. The molecule has 1 aromatic heterocycles. The molecule has 0 bridgehead atoms. The predicted octanol–water partition coefficient (Wildman–Crippen LogP) is 2.33. The number of carbonyl (C=O) groups is 1. The standard InChI is InChI=1S/C15H20N2OS/c18-15(10-16-13-4-2-1-3-5-13)17-8-6-14-12(11-17)7-9-19-14/h1-2,7,9,13,16H,3-6,8,10-11H2. The van der Waals surface area contributed by atoms with Gasteiger partial charge < -0.3 is 10.2 Å². The Kier molecular flexibility index (Phi) is 3.99. The lowest BCUT2D eigenvalue weighted by Crippen LogP contribution is -2.43. The molecule has 1 atom stereocenters. The first kappa shape index (κ1) is 12.9. The van der Waals surface area contributed by atoms with Crippen molar-refractivity contribution in [1.29, 1.82) is 0 Å². The van der Waals surface area contributed by atoms with E-state index >= 15 is 0 Å². The molecule has 3 rings (SSSR count). The number of hydrogen-bond acceptors (Lipinski definition) is 3. The molecule has 0 saturated heterocycles. The molecule has 0 radical (unpaired) electrons. The lowest BCUT2D eigenvalue weighted by atomic mass is 10.0. The fraction of sp³-hybridized carbons (Fsp3) is 0.533. The Hall–Kier alpha value is -1.13. The number of fused-ring (bicyclic) bond motifs is 1. The van der Waals surface area contributed by atoms with E-state index in [0.29, 0.717) is 12.6 Å². The van der Waals surface area contributed by atoms with Gasteiger partial charge >= 0.3 is 0 Å². The number of hydrogen-bond donors (Lipinski definition) is 1. The second-order valence-electron chi connectivity index (χ2n) is 5.30. The highest BCUT2D eigenvalue weighted by Gasteiger charge is 2.21. The Morgan fingerprint density at radius 1 is 1.47 bits per heavy atom. The van der Waals surface area contributed by atoms with Gasteiger partial charge in [-0.2, -0.15) is 0 Å². The molecule has 4 heteroatoms. The smallest absolute Gasteiger partial charge is 0.236 e. The summed E-state index contributed by atoms with van der Waals surface area (Å²) in [6.07, 6.45) is 8.80. The van der Waals surface area contributed by atoms with E-state index in [9.17, 15) is 4.79 Å². The van der Waals surface area contributed by atoms with Crippen LogP contribution in [-0.2, 0) is 17.8 Å². The summed E-state index contributed by atoms with van der Waals surface area (Å²) < 4.78 is 0. The Labute approximate surface area is 118 Å². The third kappa shape index (κ3) is 3.07. The predicted molar refractivity (Wildman–Crippen MR) is 78.2 cm³/mol. The van der Waals surface area contributed by atoms with Crippen LogP contribution in [-0.4, -0.2) is 29.9 Å². The van der Waals surface area contributed by atoms with E-state index in [2.05, 4.69) is 28.9 Å². The molecule has 2 heterocycles.